The Bertz CT molecular complexity index is 720. The minimum Gasteiger partial charge on any atom is -0.465 e. The van der Waals surface area contributed by atoms with Crippen molar-refractivity contribution in [2.75, 3.05) is 19.7 Å². The normalized spacial score (nSPS) is 18.5. The summed E-state index contributed by atoms with van der Waals surface area (Å²) in [5.74, 6) is -0.294. The SMILES string of the molecule is C=CC(=O)NCc1ccccc1CC(=O)N1CCC2(CCOC2=O)CC1. The van der Waals surface area contributed by atoms with Gasteiger partial charge in [0.15, 0.2) is 0 Å². The zero-order chi connectivity index (χ0) is 18.6. The van der Waals surface area contributed by atoms with Crippen molar-refractivity contribution in [3.05, 3.63) is 48.0 Å². The Morgan fingerprint density at radius 2 is 1.88 bits per heavy atom. The highest BCUT2D eigenvalue weighted by Gasteiger charge is 2.46. The Hall–Kier alpha value is -2.63. The first-order valence-corrected chi connectivity index (χ1v) is 8.96. The lowest BCUT2D eigenvalue weighted by Gasteiger charge is -2.36. The molecule has 138 valence electrons. The predicted octanol–water partition coefficient (Wildman–Crippen LogP) is 1.59. The van der Waals surface area contributed by atoms with Crippen LogP contribution < -0.4 is 5.32 Å². The minimum atomic E-state index is -0.371. The summed E-state index contributed by atoms with van der Waals surface area (Å²) in [6.45, 7) is 5.47. The molecule has 0 atom stereocenters. The molecule has 2 aliphatic heterocycles. The number of piperidine rings is 1. The molecule has 0 saturated carbocycles. The molecule has 0 unspecified atom stereocenters. The van der Waals surface area contributed by atoms with Gasteiger partial charge in [-0.15, -0.1) is 0 Å². The Balaban J connectivity index is 1.59. The van der Waals surface area contributed by atoms with Crippen LogP contribution >= 0.6 is 0 Å². The maximum Gasteiger partial charge on any atom is 0.312 e. The zero-order valence-electron chi connectivity index (χ0n) is 14.8. The fourth-order valence-corrected chi connectivity index (χ4v) is 3.66. The molecule has 2 heterocycles. The van der Waals surface area contributed by atoms with E-state index in [1.807, 2.05) is 29.2 Å². The second kappa shape index (κ2) is 7.72. The average Bonchev–Trinajstić information content (AvgIpc) is 3.01. The monoisotopic (exact) mass is 356 g/mol. The summed E-state index contributed by atoms with van der Waals surface area (Å²) < 4.78 is 5.12. The highest BCUT2D eigenvalue weighted by Crippen LogP contribution is 2.40. The molecule has 0 aliphatic carbocycles. The van der Waals surface area contributed by atoms with Crippen molar-refractivity contribution in [2.24, 2.45) is 5.41 Å². The van der Waals surface area contributed by atoms with Crippen molar-refractivity contribution in [2.45, 2.75) is 32.2 Å². The van der Waals surface area contributed by atoms with Crippen LogP contribution in [0.15, 0.2) is 36.9 Å². The smallest absolute Gasteiger partial charge is 0.312 e. The summed E-state index contributed by atoms with van der Waals surface area (Å²) in [6.07, 6.45) is 3.63. The van der Waals surface area contributed by atoms with Crippen LogP contribution in [0, 0.1) is 5.41 Å². The number of nitrogens with one attached hydrogen (secondary N) is 1. The first-order valence-electron chi connectivity index (χ1n) is 8.96. The largest absolute Gasteiger partial charge is 0.465 e. The molecule has 6 heteroatoms. The van der Waals surface area contributed by atoms with E-state index in [1.165, 1.54) is 6.08 Å². The van der Waals surface area contributed by atoms with Crippen LogP contribution in [0.5, 0.6) is 0 Å². The number of rotatable bonds is 5. The minimum absolute atomic E-state index is 0.0497. The maximum atomic E-state index is 12.7. The number of likely N-dealkylation sites (tertiary alicyclic amines) is 1. The highest BCUT2D eigenvalue weighted by atomic mass is 16.5. The van der Waals surface area contributed by atoms with Gasteiger partial charge in [-0.1, -0.05) is 30.8 Å². The molecule has 1 N–H and O–H groups in total. The molecule has 0 radical (unpaired) electrons. The number of carbonyl (C=O) groups excluding carboxylic acids is 3. The van der Waals surface area contributed by atoms with Crippen LogP contribution in [0.3, 0.4) is 0 Å². The van der Waals surface area contributed by atoms with E-state index >= 15 is 0 Å². The topological polar surface area (TPSA) is 75.7 Å². The van der Waals surface area contributed by atoms with Gasteiger partial charge in [0.2, 0.25) is 11.8 Å². The molecule has 2 amide bonds. The van der Waals surface area contributed by atoms with E-state index in [2.05, 4.69) is 11.9 Å². The van der Waals surface area contributed by atoms with Crippen LogP contribution in [-0.4, -0.2) is 42.4 Å². The molecular weight excluding hydrogens is 332 g/mol. The molecule has 3 rings (SSSR count). The van der Waals surface area contributed by atoms with E-state index in [0.717, 1.165) is 17.5 Å². The maximum absolute atomic E-state index is 12.7. The number of ether oxygens (including phenoxy) is 1. The molecule has 2 aliphatic rings. The summed E-state index contributed by atoms with van der Waals surface area (Å²) in [5, 5.41) is 2.75. The van der Waals surface area contributed by atoms with Gasteiger partial charge < -0.3 is 15.0 Å². The molecule has 1 aromatic rings. The van der Waals surface area contributed by atoms with Crippen molar-refractivity contribution in [1.82, 2.24) is 10.2 Å². The summed E-state index contributed by atoms with van der Waals surface area (Å²) in [6, 6.07) is 7.60. The Kier molecular flexibility index (Phi) is 5.40. The lowest BCUT2D eigenvalue weighted by Crippen LogP contribution is -2.45. The molecule has 2 saturated heterocycles. The molecule has 2 fully saturated rings. The first-order chi connectivity index (χ1) is 12.5. The number of esters is 1. The Labute approximate surface area is 153 Å². The number of amides is 2. The fourth-order valence-electron chi connectivity index (χ4n) is 3.66. The van der Waals surface area contributed by atoms with Crippen LogP contribution in [0.1, 0.15) is 30.4 Å². The van der Waals surface area contributed by atoms with E-state index in [9.17, 15) is 14.4 Å². The van der Waals surface area contributed by atoms with E-state index in [-0.39, 0.29) is 29.6 Å². The fraction of sp³-hybridized carbons (Fsp3) is 0.450. The predicted molar refractivity (Wildman–Crippen MR) is 96.0 cm³/mol. The summed E-state index contributed by atoms with van der Waals surface area (Å²) in [4.78, 5) is 37.9. The van der Waals surface area contributed by atoms with Gasteiger partial charge in [-0.25, -0.2) is 0 Å². The lowest BCUT2D eigenvalue weighted by atomic mass is 9.77. The quantitative estimate of drug-likeness (QED) is 0.642. The van der Waals surface area contributed by atoms with Gasteiger partial charge in [0, 0.05) is 19.6 Å². The van der Waals surface area contributed by atoms with Crippen LogP contribution in [-0.2, 0) is 32.1 Å². The second-order valence-corrected chi connectivity index (χ2v) is 6.91. The van der Waals surface area contributed by atoms with E-state index in [4.69, 9.17) is 4.74 Å². The lowest BCUT2D eigenvalue weighted by molar-refractivity contribution is -0.150. The molecule has 0 bridgehead atoms. The third kappa shape index (κ3) is 3.79. The van der Waals surface area contributed by atoms with Gasteiger partial charge in [-0.2, -0.15) is 0 Å². The summed E-state index contributed by atoms with van der Waals surface area (Å²) >= 11 is 0. The number of nitrogens with zero attached hydrogens (tertiary/aromatic N) is 1. The number of benzene rings is 1. The summed E-state index contributed by atoms with van der Waals surface area (Å²) in [5.41, 5.74) is 1.45. The van der Waals surface area contributed by atoms with Crippen molar-refractivity contribution in [3.8, 4) is 0 Å². The molecular formula is C20H24N2O4. The third-order valence-corrected chi connectivity index (χ3v) is 5.42. The van der Waals surface area contributed by atoms with Crippen molar-refractivity contribution in [1.29, 1.82) is 0 Å². The van der Waals surface area contributed by atoms with Gasteiger partial charge in [0.1, 0.15) is 0 Å². The standard InChI is InChI=1S/C20H24N2O4/c1-2-17(23)21-14-16-6-4-3-5-15(16)13-18(24)22-10-7-20(8-11-22)9-12-26-19(20)25/h2-6H,1,7-14H2,(H,21,23). The second-order valence-electron chi connectivity index (χ2n) is 6.91. The molecule has 6 nitrogen and oxygen atoms in total. The first kappa shape index (κ1) is 18.2. The van der Waals surface area contributed by atoms with Gasteiger partial charge in [-0.3, -0.25) is 14.4 Å². The van der Waals surface area contributed by atoms with E-state index < -0.39 is 0 Å². The molecule has 1 aromatic carbocycles. The van der Waals surface area contributed by atoms with Gasteiger partial charge in [0.25, 0.3) is 0 Å². The van der Waals surface area contributed by atoms with Crippen molar-refractivity contribution in [3.63, 3.8) is 0 Å². The number of carbonyl (C=O) groups is 3. The van der Waals surface area contributed by atoms with E-state index in [1.54, 1.807) is 0 Å². The Morgan fingerprint density at radius 1 is 1.19 bits per heavy atom. The van der Waals surface area contributed by atoms with E-state index in [0.29, 0.717) is 39.1 Å². The molecule has 1 spiro atoms. The summed E-state index contributed by atoms with van der Waals surface area (Å²) in [7, 11) is 0. The van der Waals surface area contributed by atoms with Crippen LogP contribution in [0.2, 0.25) is 0 Å². The molecule has 0 aromatic heterocycles. The molecule has 26 heavy (non-hydrogen) atoms. The number of hydrogen-bond donors (Lipinski definition) is 1. The van der Waals surface area contributed by atoms with Gasteiger partial charge in [0.05, 0.1) is 18.4 Å². The third-order valence-electron chi connectivity index (χ3n) is 5.42. The number of hydrogen-bond acceptors (Lipinski definition) is 4. The van der Waals surface area contributed by atoms with Gasteiger partial charge >= 0.3 is 5.97 Å². The average molecular weight is 356 g/mol. The van der Waals surface area contributed by atoms with Gasteiger partial charge in [-0.05, 0) is 36.5 Å². The van der Waals surface area contributed by atoms with Crippen molar-refractivity contribution >= 4 is 17.8 Å². The zero-order valence-corrected chi connectivity index (χ0v) is 14.8. The highest BCUT2D eigenvalue weighted by molar-refractivity contribution is 5.87. The van der Waals surface area contributed by atoms with Crippen LogP contribution in [0.4, 0.5) is 0 Å². The Morgan fingerprint density at radius 3 is 2.50 bits per heavy atom. The van der Waals surface area contributed by atoms with Crippen LogP contribution in [0.25, 0.3) is 0 Å². The van der Waals surface area contributed by atoms with Crippen molar-refractivity contribution < 1.29 is 19.1 Å². The number of cyclic esters (lactones) is 1.